The predicted molar refractivity (Wildman–Crippen MR) is 62.9 cm³/mol. The zero-order chi connectivity index (χ0) is 9.80. The lowest BCUT2D eigenvalue weighted by molar-refractivity contribution is 0.0834. The summed E-state index contributed by atoms with van der Waals surface area (Å²) in [7, 11) is 0. The molecule has 2 rings (SSSR count). The van der Waals surface area contributed by atoms with E-state index in [1.165, 1.54) is 11.1 Å². The molecule has 0 amide bonds. The van der Waals surface area contributed by atoms with Crippen molar-refractivity contribution in [2.45, 2.75) is 12.6 Å². The molecule has 1 aliphatic rings. The normalized spacial score (nSPS) is 18.5. The Labute approximate surface area is 96.4 Å². The van der Waals surface area contributed by atoms with Crippen LogP contribution < -0.4 is 5.32 Å². The molecule has 80 valence electrons. The average molecular weight is 224 g/mol. The van der Waals surface area contributed by atoms with Crippen LogP contribution in [0.5, 0.6) is 0 Å². The van der Waals surface area contributed by atoms with Gasteiger partial charge in [-0.15, -0.1) is 18.8 Å². The van der Waals surface area contributed by atoms with Crippen molar-refractivity contribution >= 4 is 12.4 Å². The SMILES string of the molecule is C#CCN[C@@H]1COCc2ccccc21.Cl. The van der Waals surface area contributed by atoms with Gasteiger partial charge in [-0.1, -0.05) is 30.2 Å². The van der Waals surface area contributed by atoms with Gasteiger partial charge in [0.05, 0.1) is 25.8 Å². The summed E-state index contributed by atoms with van der Waals surface area (Å²) in [6.07, 6.45) is 5.21. The molecular formula is C12H14ClNO. The number of benzene rings is 1. The maximum atomic E-state index is 5.47. The molecule has 0 aliphatic carbocycles. The number of rotatable bonds is 2. The smallest absolute Gasteiger partial charge is 0.0721 e. The van der Waals surface area contributed by atoms with E-state index in [4.69, 9.17) is 11.2 Å². The minimum Gasteiger partial charge on any atom is -0.375 e. The van der Waals surface area contributed by atoms with E-state index < -0.39 is 0 Å². The van der Waals surface area contributed by atoms with Gasteiger partial charge in [0.15, 0.2) is 0 Å². The van der Waals surface area contributed by atoms with Gasteiger partial charge in [0.25, 0.3) is 0 Å². The van der Waals surface area contributed by atoms with Gasteiger partial charge in [0.1, 0.15) is 0 Å². The van der Waals surface area contributed by atoms with Crippen LogP contribution in [-0.2, 0) is 11.3 Å². The number of hydrogen-bond donors (Lipinski definition) is 1. The van der Waals surface area contributed by atoms with Crippen LogP contribution in [0.25, 0.3) is 0 Å². The van der Waals surface area contributed by atoms with Crippen LogP contribution in [0.3, 0.4) is 0 Å². The Hall–Kier alpha value is -1.01. The Balaban J connectivity index is 0.00000112. The van der Waals surface area contributed by atoms with Crippen molar-refractivity contribution in [1.82, 2.24) is 5.32 Å². The van der Waals surface area contributed by atoms with E-state index in [0.29, 0.717) is 19.8 Å². The molecule has 0 saturated heterocycles. The lowest BCUT2D eigenvalue weighted by atomic mass is 9.99. The van der Waals surface area contributed by atoms with Gasteiger partial charge in [0.2, 0.25) is 0 Å². The molecule has 1 aromatic rings. The van der Waals surface area contributed by atoms with Crippen LogP contribution in [0.15, 0.2) is 24.3 Å². The predicted octanol–water partition coefficient (Wildman–Crippen LogP) is 1.90. The quantitative estimate of drug-likeness (QED) is 0.774. The highest BCUT2D eigenvalue weighted by Crippen LogP contribution is 2.23. The lowest BCUT2D eigenvalue weighted by Gasteiger charge is -2.25. The van der Waals surface area contributed by atoms with Crippen LogP contribution in [0, 0.1) is 12.3 Å². The van der Waals surface area contributed by atoms with Gasteiger partial charge in [0, 0.05) is 0 Å². The van der Waals surface area contributed by atoms with Gasteiger partial charge < -0.3 is 4.74 Å². The highest BCUT2D eigenvalue weighted by Gasteiger charge is 2.18. The van der Waals surface area contributed by atoms with E-state index in [1.807, 2.05) is 6.07 Å². The van der Waals surface area contributed by atoms with E-state index in [1.54, 1.807) is 0 Å². The summed E-state index contributed by atoms with van der Waals surface area (Å²) >= 11 is 0. The first-order valence-corrected chi connectivity index (χ1v) is 4.74. The fraction of sp³-hybridized carbons (Fsp3) is 0.333. The molecule has 0 fully saturated rings. The molecule has 2 nitrogen and oxygen atoms in total. The maximum absolute atomic E-state index is 5.47. The highest BCUT2D eigenvalue weighted by atomic mass is 35.5. The van der Waals surface area contributed by atoms with Gasteiger partial charge >= 0.3 is 0 Å². The molecular weight excluding hydrogens is 210 g/mol. The fourth-order valence-corrected chi connectivity index (χ4v) is 1.73. The van der Waals surface area contributed by atoms with E-state index in [0.717, 1.165) is 0 Å². The van der Waals surface area contributed by atoms with Gasteiger partial charge in [-0.25, -0.2) is 0 Å². The molecule has 0 bridgehead atoms. The minimum absolute atomic E-state index is 0. The lowest BCUT2D eigenvalue weighted by Crippen LogP contribution is -2.29. The second-order valence-electron chi connectivity index (χ2n) is 3.35. The molecule has 3 heteroatoms. The van der Waals surface area contributed by atoms with Crippen LogP contribution in [0.4, 0.5) is 0 Å². The number of nitrogens with one attached hydrogen (secondary N) is 1. The third-order valence-corrected chi connectivity index (χ3v) is 2.42. The molecule has 15 heavy (non-hydrogen) atoms. The topological polar surface area (TPSA) is 21.3 Å². The fourth-order valence-electron chi connectivity index (χ4n) is 1.73. The first-order chi connectivity index (χ1) is 6.92. The average Bonchev–Trinajstić information content (AvgIpc) is 2.26. The summed E-state index contributed by atoms with van der Waals surface area (Å²) in [5, 5.41) is 3.27. The number of fused-ring (bicyclic) bond motifs is 1. The van der Waals surface area contributed by atoms with Crippen molar-refractivity contribution in [1.29, 1.82) is 0 Å². The Morgan fingerprint density at radius 2 is 2.27 bits per heavy atom. The van der Waals surface area contributed by atoms with E-state index >= 15 is 0 Å². The molecule has 0 radical (unpaired) electrons. The summed E-state index contributed by atoms with van der Waals surface area (Å²) in [5.74, 6) is 2.58. The molecule has 0 saturated carbocycles. The van der Waals surface area contributed by atoms with Gasteiger partial charge in [-0.2, -0.15) is 0 Å². The zero-order valence-corrected chi connectivity index (χ0v) is 9.22. The first kappa shape index (κ1) is 12.1. The molecule has 0 unspecified atom stereocenters. The van der Waals surface area contributed by atoms with Crippen molar-refractivity contribution in [3.63, 3.8) is 0 Å². The van der Waals surface area contributed by atoms with Crippen molar-refractivity contribution in [3.8, 4) is 12.3 Å². The van der Waals surface area contributed by atoms with Crippen LogP contribution >= 0.6 is 12.4 Å². The number of ether oxygens (including phenoxy) is 1. The minimum atomic E-state index is 0. The summed E-state index contributed by atoms with van der Waals surface area (Å²) in [6.45, 7) is 2.01. The van der Waals surface area contributed by atoms with Crippen LogP contribution in [-0.4, -0.2) is 13.2 Å². The maximum Gasteiger partial charge on any atom is 0.0721 e. The molecule has 1 aromatic carbocycles. The van der Waals surface area contributed by atoms with Crippen molar-refractivity contribution in [2.24, 2.45) is 0 Å². The van der Waals surface area contributed by atoms with Crippen LogP contribution in [0.1, 0.15) is 17.2 Å². The molecule has 0 spiro atoms. The summed E-state index contributed by atoms with van der Waals surface area (Å²) in [4.78, 5) is 0. The van der Waals surface area contributed by atoms with Gasteiger partial charge in [-0.3, -0.25) is 5.32 Å². The monoisotopic (exact) mass is 223 g/mol. The molecule has 1 atom stereocenters. The Morgan fingerprint density at radius 1 is 1.47 bits per heavy atom. The number of halogens is 1. The Morgan fingerprint density at radius 3 is 3.07 bits per heavy atom. The van der Waals surface area contributed by atoms with Crippen molar-refractivity contribution in [3.05, 3.63) is 35.4 Å². The van der Waals surface area contributed by atoms with E-state index in [2.05, 4.69) is 29.4 Å². The summed E-state index contributed by atoms with van der Waals surface area (Å²) in [6, 6.07) is 8.56. The van der Waals surface area contributed by atoms with E-state index in [9.17, 15) is 0 Å². The second kappa shape index (κ2) is 5.77. The molecule has 0 aromatic heterocycles. The highest BCUT2D eigenvalue weighted by molar-refractivity contribution is 5.85. The van der Waals surface area contributed by atoms with Crippen molar-refractivity contribution in [2.75, 3.05) is 13.2 Å². The Kier molecular flexibility index (Phi) is 4.64. The Bertz CT molecular complexity index is 359. The second-order valence-corrected chi connectivity index (χ2v) is 3.35. The van der Waals surface area contributed by atoms with Crippen molar-refractivity contribution < 1.29 is 4.74 Å². The van der Waals surface area contributed by atoms with Crippen LogP contribution in [0.2, 0.25) is 0 Å². The van der Waals surface area contributed by atoms with E-state index in [-0.39, 0.29) is 18.4 Å². The first-order valence-electron chi connectivity index (χ1n) is 4.74. The molecule has 1 N–H and O–H groups in total. The third-order valence-electron chi connectivity index (χ3n) is 2.42. The summed E-state index contributed by atoms with van der Waals surface area (Å²) in [5.41, 5.74) is 2.57. The standard InChI is InChI=1S/C12H13NO.ClH/c1-2-7-13-12-9-14-8-10-5-3-4-6-11(10)12;/h1,3-6,12-13H,7-9H2;1H/t12-;/m1./s1. The number of terminal acetylenes is 1. The number of hydrogen-bond acceptors (Lipinski definition) is 2. The zero-order valence-electron chi connectivity index (χ0n) is 8.40. The molecule has 1 heterocycles. The largest absolute Gasteiger partial charge is 0.375 e. The molecule has 1 aliphatic heterocycles. The van der Waals surface area contributed by atoms with Gasteiger partial charge in [-0.05, 0) is 11.1 Å². The summed E-state index contributed by atoms with van der Waals surface area (Å²) < 4.78 is 5.47. The third kappa shape index (κ3) is 2.73.